The maximum absolute atomic E-state index is 12.2. The molecule has 0 aliphatic rings. The summed E-state index contributed by atoms with van der Waals surface area (Å²) >= 11 is 3.53. The number of carbonyl (C=O) groups is 1. The summed E-state index contributed by atoms with van der Waals surface area (Å²) in [6, 6.07) is 17.0. The summed E-state index contributed by atoms with van der Waals surface area (Å²) in [5, 5.41) is 2.89. The average Bonchev–Trinajstić information content (AvgIpc) is 2.83. The molecule has 0 saturated heterocycles. The van der Waals surface area contributed by atoms with Gasteiger partial charge in [0.05, 0.1) is 19.9 Å². The van der Waals surface area contributed by atoms with E-state index in [1.54, 1.807) is 26.5 Å². The molecule has 0 atom stereocenters. The number of carbonyl (C=O) groups excluding carboxylic acids is 1. The van der Waals surface area contributed by atoms with Crippen LogP contribution in [0.1, 0.15) is 16.8 Å². The van der Waals surface area contributed by atoms with Gasteiger partial charge in [-0.3, -0.25) is 9.78 Å². The van der Waals surface area contributed by atoms with Gasteiger partial charge in [0, 0.05) is 23.3 Å². The van der Waals surface area contributed by atoms with Crippen molar-refractivity contribution in [3.05, 3.63) is 88.2 Å². The molecule has 0 aliphatic heterocycles. The van der Waals surface area contributed by atoms with E-state index in [-0.39, 0.29) is 5.91 Å². The summed E-state index contributed by atoms with van der Waals surface area (Å²) in [6.07, 6.45) is 5.69. The number of ether oxygens (including phenoxy) is 3. The Hall–Kier alpha value is -3.32. The smallest absolute Gasteiger partial charge is 0.244 e. The highest BCUT2D eigenvalue weighted by molar-refractivity contribution is 9.10. The molecule has 0 fully saturated rings. The minimum atomic E-state index is -0.155. The van der Waals surface area contributed by atoms with Crippen molar-refractivity contribution in [2.24, 2.45) is 0 Å². The molecule has 0 bridgehead atoms. The Labute approximate surface area is 196 Å². The van der Waals surface area contributed by atoms with Gasteiger partial charge in [0.1, 0.15) is 12.4 Å². The van der Waals surface area contributed by atoms with Crippen LogP contribution in [0.25, 0.3) is 6.08 Å². The molecular formula is C25H25BrN2O4. The lowest BCUT2D eigenvalue weighted by Gasteiger charge is -2.12. The van der Waals surface area contributed by atoms with Crippen LogP contribution in [-0.4, -0.2) is 31.7 Å². The zero-order valence-corrected chi connectivity index (χ0v) is 19.6. The maximum Gasteiger partial charge on any atom is 0.244 e. The predicted octanol–water partition coefficient (Wildman–Crippen LogP) is 4.81. The van der Waals surface area contributed by atoms with Crippen LogP contribution < -0.4 is 19.5 Å². The Morgan fingerprint density at radius 1 is 1.06 bits per heavy atom. The van der Waals surface area contributed by atoms with Crippen LogP contribution in [0.2, 0.25) is 0 Å². The standard InChI is InChI=1S/C25H25BrN2O4/c1-30-23-15-19(22(26)16-24(23)31-2)12-14-28-25(29)11-8-18-6-9-21(10-7-18)32-17-20-5-3-4-13-27-20/h3-11,13,15-16H,12,14,17H2,1-2H3,(H,28,29)/b11-8+. The van der Waals surface area contributed by atoms with Gasteiger partial charge < -0.3 is 19.5 Å². The van der Waals surface area contributed by atoms with Crippen LogP contribution in [0.15, 0.2) is 71.3 Å². The second-order valence-corrected chi connectivity index (χ2v) is 7.71. The lowest BCUT2D eigenvalue weighted by Crippen LogP contribution is -2.23. The van der Waals surface area contributed by atoms with Crippen LogP contribution in [-0.2, 0) is 17.8 Å². The second-order valence-electron chi connectivity index (χ2n) is 6.85. The highest BCUT2D eigenvalue weighted by Crippen LogP contribution is 2.33. The van der Waals surface area contributed by atoms with Crippen molar-refractivity contribution in [3.63, 3.8) is 0 Å². The summed E-state index contributed by atoms with van der Waals surface area (Å²) in [5.41, 5.74) is 2.80. The predicted molar refractivity (Wildman–Crippen MR) is 128 cm³/mol. The van der Waals surface area contributed by atoms with Crippen molar-refractivity contribution in [3.8, 4) is 17.2 Å². The molecule has 7 heteroatoms. The van der Waals surface area contributed by atoms with Crippen LogP contribution in [0.3, 0.4) is 0 Å². The summed E-state index contributed by atoms with van der Waals surface area (Å²) in [4.78, 5) is 16.4. The van der Waals surface area contributed by atoms with E-state index in [4.69, 9.17) is 14.2 Å². The molecule has 3 aromatic rings. The molecule has 6 nitrogen and oxygen atoms in total. The quantitative estimate of drug-likeness (QED) is 0.407. The van der Waals surface area contributed by atoms with E-state index in [9.17, 15) is 4.79 Å². The van der Waals surface area contributed by atoms with E-state index < -0.39 is 0 Å². The molecule has 32 heavy (non-hydrogen) atoms. The average molecular weight is 497 g/mol. The molecule has 0 saturated carbocycles. The summed E-state index contributed by atoms with van der Waals surface area (Å²) in [7, 11) is 3.20. The third-order valence-corrected chi connectivity index (χ3v) is 5.40. The van der Waals surface area contributed by atoms with Gasteiger partial charge in [-0.15, -0.1) is 0 Å². The number of hydrogen-bond acceptors (Lipinski definition) is 5. The van der Waals surface area contributed by atoms with Crippen molar-refractivity contribution in [1.29, 1.82) is 0 Å². The molecular weight excluding hydrogens is 472 g/mol. The number of nitrogens with zero attached hydrogens (tertiary/aromatic N) is 1. The van der Waals surface area contributed by atoms with Gasteiger partial charge in [-0.1, -0.05) is 34.1 Å². The van der Waals surface area contributed by atoms with Crippen LogP contribution in [0, 0.1) is 0 Å². The van der Waals surface area contributed by atoms with Crippen molar-refractivity contribution in [2.45, 2.75) is 13.0 Å². The fourth-order valence-electron chi connectivity index (χ4n) is 2.96. The van der Waals surface area contributed by atoms with E-state index in [1.807, 2.05) is 54.6 Å². The Morgan fingerprint density at radius 3 is 2.50 bits per heavy atom. The van der Waals surface area contributed by atoms with Gasteiger partial charge in [0.15, 0.2) is 11.5 Å². The Bertz CT molecular complexity index is 1050. The zero-order valence-electron chi connectivity index (χ0n) is 18.0. The lowest BCUT2D eigenvalue weighted by atomic mass is 10.1. The van der Waals surface area contributed by atoms with Crippen molar-refractivity contribution >= 4 is 27.9 Å². The van der Waals surface area contributed by atoms with Crippen molar-refractivity contribution in [2.75, 3.05) is 20.8 Å². The number of pyridine rings is 1. The molecule has 3 rings (SSSR count). The molecule has 0 unspecified atom stereocenters. The molecule has 1 amide bonds. The van der Waals surface area contributed by atoms with Gasteiger partial charge in [-0.25, -0.2) is 0 Å². The van der Waals surface area contributed by atoms with E-state index in [1.165, 1.54) is 6.08 Å². The number of rotatable bonds is 10. The molecule has 0 radical (unpaired) electrons. The number of halogens is 1. The van der Waals surface area contributed by atoms with Gasteiger partial charge in [-0.05, 0) is 60.0 Å². The number of hydrogen-bond donors (Lipinski definition) is 1. The maximum atomic E-state index is 12.2. The first-order valence-corrected chi connectivity index (χ1v) is 10.9. The van der Waals surface area contributed by atoms with Gasteiger partial charge in [0.2, 0.25) is 5.91 Å². The van der Waals surface area contributed by atoms with Crippen LogP contribution >= 0.6 is 15.9 Å². The molecule has 1 heterocycles. The molecule has 0 spiro atoms. The summed E-state index contributed by atoms with van der Waals surface area (Å²) in [5.74, 6) is 1.91. The molecule has 2 aromatic carbocycles. The first-order chi connectivity index (χ1) is 15.6. The van der Waals surface area contributed by atoms with E-state index >= 15 is 0 Å². The highest BCUT2D eigenvalue weighted by atomic mass is 79.9. The molecule has 0 aliphatic carbocycles. The third kappa shape index (κ3) is 6.85. The van der Waals surface area contributed by atoms with E-state index in [2.05, 4.69) is 26.2 Å². The van der Waals surface area contributed by atoms with Crippen LogP contribution in [0.4, 0.5) is 0 Å². The fraction of sp³-hybridized carbons (Fsp3) is 0.200. The first-order valence-electron chi connectivity index (χ1n) is 10.1. The summed E-state index contributed by atoms with van der Waals surface area (Å²) < 4.78 is 17.3. The minimum Gasteiger partial charge on any atom is -0.493 e. The number of methoxy groups -OCH3 is 2. The minimum absolute atomic E-state index is 0.155. The van der Waals surface area contributed by atoms with Crippen molar-refractivity contribution < 1.29 is 19.0 Å². The Morgan fingerprint density at radius 2 is 1.81 bits per heavy atom. The monoisotopic (exact) mass is 496 g/mol. The molecule has 1 N–H and O–H groups in total. The normalized spacial score (nSPS) is 10.7. The molecule has 1 aromatic heterocycles. The Balaban J connectivity index is 1.46. The highest BCUT2D eigenvalue weighted by Gasteiger charge is 2.09. The Kier molecular flexibility index (Phi) is 8.69. The number of benzene rings is 2. The summed E-state index contributed by atoms with van der Waals surface area (Å²) in [6.45, 7) is 0.909. The van der Waals surface area contributed by atoms with Crippen LogP contribution in [0.5, 0.6) is 17.2 Å². The number of aromatic nitrogens is 1. The van der Waals surface area contributed by atoms with Gasteiger partial charge in [-0.2, -0.15) is 0 Å². The van der Waals surface area contributed by atoms with Gasteiger partial charge >= 0.3 is 0 Å². The first kappa shape index (κ1) is 23.3. The third-order valence-electron chi connectivity index (χ3n) is 4.67. The second kappa shape index (κ2) is 11.9. The lowest BCUT2D eigenvalue weighted by molar-refractivity contribution is -0.116. The topological polar surface area (TPSA) is 69.7 Å². The van der Waals surface area contributed by atoms with E-state index in [0.717, 1.165) is 27.0 Å². The SMILES string of the molecule is COc1cc(Br)c(CCNC(=O)/C=C/c2ccc(OCc3ccccn3)cc2)cc1OC. The molecule has 166 valence electrons. The number of amides is 1. The van der Waals surface area contributed by atoms with Crippen molar-refractivity contribution in [1.82, 2.24) is 10.3 Å². The fourth-order valence-corrected chi connectivity index (χ4v) is 3.48. The largest absolute Gasteiger partial charge is 0.493 e. The van der Waals surface area contributed by atoms with E-state index in [0.29, 0.717) is 31.1 Å². The number of nitrogens with one attached hydrogen (secondary N) is 1. The zero-order chi connectivity index (χ0) is 22.8. The van der Waals surface area contributed by atoms with Gasteiger partial charge in [0.25, 0.3) is 0 Å².